The summed E-state index contributed by atoms with van der Waals surface area (Å²) in [5.41, 5.74) is 2.03. The molecule has 1 aliphatic rings. The fourth-order valence-electron chi connectivity index (χ4n) is 2.58. The Morgan fingerprint density at radius 2 is 2.39 bits per heavy atom. The van der Waals surface area contributed by atoms with Crippen molar-refractivity contribution in [1.82, 2.24) is 4.90 Å². The van der Waals surface area contributed by atoms with Crippen LogP contribution in [0.3, 0.4) is 0 Å². The van der Waals surface area contributed by atoms with Gasteiger partial charge in [0.2, 0.25) is 0 Å². The fraction of sp³-hybridized carbons (Fsp3) is 0.357. The third-order valence-electron chi connectivity index (χ3n) is 3.29. The largest absolute Gasteiger partial charge is 0.480 e. The van der Waals surface area contributed by atoms with Gasteiger partial charge in [0.1, 0.15) is 5.82 Å². The van der Waals surface area contributed by atoms with Crippen LogP contribution in [0.4, 0.5) is 4.39 Å². The molecule has 0 saturated carbocycles. The zero-order chi connectivity index (χ0) is 13.1. The van der Waals surface area contributed by atoms with E-state index in [1.165, 1.54) is 6.07 Å². The molecule has 0 saturated heterocycles. The maximum atomic E-state index is 13.1. The number of carboxylic acids is 1. The van der Waals surface area contributed by atoms with Crippen molar-refractivity contribution >= 4 is 5.97 Å². The fourth-order valence-corrected chi connectivity index (χ4v) is 2.58. The summed E-state index contributed by atoms with van der Waals surface area (Å²) >= 11 is 0. The zero-order valence-electron chi connectivity index (χ0n) is 10.1. The van der Waals surface area contributed by atoms with Gasteiger partial charge in [0.05, 0.1) is 6.54 Å². The minimum absolute atomic E-state index is 0.0203. The Hall–Kier alpha value is -1.68. The molecule has 0 heterocycles. The highest BCUT2D eigenvalue weighted by molar-refractivity contribution is 5.69. The molecule has 0 fully saturated rings. The number of halogens is 1. The van der Waals surface area contributed by atoms with Crippen molar-refractivity contribution in [2.24, 2.45) is 0 Å². The van der Waals surface area contributed by atoms with Crippen molar-refractivity contribution in [2.45, 2.75) is 18.9 Å². The third-order valence-corrected chi connectivity index (χ3v) is 3.29. The third kappa shape index (κ3) is 2.59. The van der Waals surface area contributed by atoms with Gasteiger partial charge in [0.15, 0.2) is 0 Å². The van der Waals surface area contributed by atoms with Crippen molar-refractivity contribution in [3.8, 4) is 0 Å². The summed E-state index contributed by atoms with van der Waals surface area (Å²) in [5.74, 6) is -1.09. The van der Waals surface area contributed by atoms with Crippen molar-refractivity contribution < 1.29 is 14.3 Å². The highest BCUT2D eigenvalue weighted by Gasteiger charge is 2.28. The molecule has 1 N–H and O–H groups in total. The topological polar surface area (TPSA) is 40.5 Å². The van der Waals surface area contributed by atoms with Gasteiger partial charge in [-0.2, -0.15) is 0 Å². The Morgan fingerprint density at radius 1 is 1.61 bits per heavy atom. The molecule has 1 aliphatic carbocycles. The monoisotopic (exact) mass is 249 g/mol. The van der Waals surface area contributed by atoms with E-state index in [0.717, 1.165) is 24.0 Å². The Bertz CT molecular complexity index is 473. The van der Waals surface area contributed by atoms with Crippen molar-refractivity contribution in [2.75, 3.05) is 13.1 Å². The maximum absolute atomic E-state index is 13.1. The number of benzene rings is 1. The number of nitrogens with zero attached hydrogens (tertiary/aromatic N) is 1. The Labute approximate surface area is 106 Å². The first-order chi connectivity index (χ1) is 8.61. The molecular weight excluding hydrogens is 233 g/mol. The Balaban J connectivity index is 2.24. The summed E-state index contributed by atoms with van der Waals surface area (Å²) in [5, 5.41) is 8.93. The highest BCUT2D eigenvalue weighted by Crippen LogP contribution is 2.35. The van der Waals surface area contributed by atoms with E-state index in [2.05, 4.69) is 6.58 Å². The van der Waals surface area contributed by atoms with E-state index in [1.54, 1.807) is 18.2 Å². The predicted octanol–water partition coefficient (Wildman–Crippen LogP) is 2.39. The lowest BCUT2D eigenvalue weighted by molar-refractivity contribution is -0.138. The second-order valence-electron chi connectivity index (χ2n) is 4.51. The average molecular weight is 249 g/mol. The molecule has 3 nitrogen and oxygen atoms in total. The van der Waals surface area contributed by atoms with Gasteiger partial charge in [-0.3, -0.25) is 9.69 Å². The summed E-state index contributed by atoms with van der Waals surface area (Å²) in [6.07, 6.45) is 3.33. The van der Waals surface area contributed by atoms with Crippen LogP contribution in [0.5, 0.6) is 0 Å². The molecule has 0 aliphatic heterocycles. The van der Waals surface area contributed by atoms with Gasteiger partial charge in [0.25, 0.3) is 0 Å². The molecule has 0 amide bonds. The van der Waals surface area contributed by atoms with E-state index in [9.17, 15) is 9.18 Å². The molecule has 0 radical (unpaired) electrons. The van der Waals surface area contributed by atoms with E-state index >= 15 is 0 Å². The van der Waals surface area contributed by atoms with E-state index in [4.69, 9.17) is 5.11 Å². The number of carboxylic acid groups (broad SMARTS) is 1. The molecule has 4 heteroatoms. The lowest BCUT2D eigenvalue weighted by Gasteiger charge is -2.26. The van der Waals surface area contributed by atoms with E-state index in [-0.39, 0.29) is 18.4 Å². The summed E-state index contributed by atoms with van der Waals surface area (Å²) in [6.45, 7) is 4.16. The SMILES string of the molecule is C=CCN(CC(=O)O)C1CCc2cc(F)ccc21. The normalized spacial score (nSPS) is 17.8. The van der Waals surface area contributed by atoms with Crippen molar-refractivity contribution in [3.63, 3.8) is 0 Å². The Morgan fingerprint density at radius 3 is 3.06 bits per heavy atom. The van der Waals surface area contributed by atoms with Crippen LogP contribution in [0.1, 0.15) is 23.6 Å². The minimum atomic E-state index is -0.854. The summed E-state index contributed by atoms with van der Waals surface area (Å²) in [4.78, 5) is 12.7. The molecule has 96 valence electrons. The number of aryl methyl sites for hydroxylation is 1. The molecule has 0 spiro atoms. The van der Waals surface area contributed by atoms with Gasteiger partial charge in [-0.15, -0.1) is 6.58 Å². The van der Waals surface area contributed by atoms with E-state index < -0.39 is 5.97 Å². The number of hydrogen-bond donors (Lipinski definition) is 1. The quantitative estimate of drug-likeness (QED) is 0.814. The van der Waals surface area contributed by atoms with Gasteiger partial charge in [-0.25, -0.2) is 4.39 Å². The smallest absolute Gasteiger partial charge is 0.317 e. The lowest BCUT2D eigenvalue weighted by atomic mass is 10.1. The average Bonchev–Trinajstić information content (AvgIpc) is 2.70. The predicted molar refractivity (Wildman–Crippen MR) is 66.9 cm³/mol. The first-order valence-electron chi connectivity index (χ1n) is 5.97. The molecule has 0 aromatic heterocycles. The van der Waals surface area contributed by atoms with Crippen molar-refractivity contribution in [3.05, 3.63) is 47.8 Å². The van der Waals surface area contributed by atoms with Gasteiger partial charge in [-0.1, -0.05) is 12.1 Å². The summed E-state index contributed by atoms with van der Waals surface area (Å²) in [6, 6.07) is 4.79. The molecular formula is C14H16FNO2. The zero-order valence-corrected chi connectivity index (χ0v) is 10.1. The van der Waals surface area contributed by atoms with E-state index in [0.29, 0.717) is 6.54 Å². The number of aliphatic carboxylic acids is 1. The van der Waals surface area contributed by atoms with Gasteiger partial charge in [-0.05, 0) is 36.1 Å². The second kappa shape index (κ2) is 5.31. The molecule has 1 atom stereocenters. The standard InChI is InChI=1S/C14H16FNO2/c1-2-7-16(9-14(17)18)13-6-3-10-8-11(15)4-5-12(10)13/h2,4-5,8,13H,1,3,6-7,9H2,(H,17,18). The molecule has 1 aromatic carbocycles. The summed E-state index contributed by atoms with van der Waals surface area (Å²) in [7, 11) is 0. The number of rotatable bonds is 5. The molecule has 2 rings (SSSR count). The number of hydrogen-bond acceptors (Lipinski definition) is 2. The van der Waals surface area contributed by atoms with Crippen LogP contribution in [-0.2, 0) is 11.2 Å². The lowest BCUT2D eigenvalue weighted by Crippen LogP contribution is -2.32. The first-order valence-corrected chi connectivity index (χ1v) is 5.97. The molecule has 1 unspecified atom stereocenters. The molecule has 0 bridgehead atoms. The van der Waals surface area contributed by atoms with Gasteiger partial charge >= 0.3 is 5.97 Å². The molecule has 1 aromatic rings. The van der Waals surface area contributed by atoms with Crippen LogP contribution in [-0.4, -0.2) is 29.1 Å². The maximum Gasteiger partial charge on any atom is 0.317 e. The van der Waals surface area contributed by atoms with Gasteiger partial charge < -0.3 is 5.11 Å². The highest BCUT2D eigenvalue weighted by atomic mass is 19.1. The van der Waals surface area contributed by atoms with Crippen LogP contribution in [0.25, 0.3) is 0 Å². The van der Waals surface area contributed by atoms with Crippen LogP contribution < -0.4 is 0 Å². The first kappa shape index (κ1) is 12.8. The number of carbonyl (C=O) groups is 1. The Kier molecular flexibility index (Phi) is 3.77. The molecule has 18 heavy (non-hydrogen) atoms. The summed E-state index contributed by atoms with van der Waals surface area (Å²) < 4.78 is 13.1. The van der Waals surface area contributed by atoms with Crippen LogP contribution in [0, 0.1) is 5.82 Å². The van der Waals surface area contributed by atoms with Crippen LogP contribution >= 0.6 is 0 Å². The van der Waals surface area contributed by atoms with Crippen LogP contribution in [0.15, 0.2) is 30.9 Å². The van der Waals surface area contributed by atoms with Crippen molar-refractivity contribution in [1.29, 1.82) is 0 Å². The van der Waals surface area contributed by atoms with Gasteiger partial charge in [0, 0.05) is 12.6 Å². The number of fused-ring (bicyclic) bond motifs is 1. The second-order valence-corrected chi connectivity index (χ2v) is 4.51. The van der Waals surface area contributed by atoms with Crippen LogP contribution in [0.2, 0.25) is 0 Å². The van der Waals surface area contributed by atoms with E-state index in [1.807, 2.05) is 4.90 Å². The minimum Gasteiger partial charge on any atom is -0.480 e.